The van der Waals surface area contributed by atoms with Gasteiger partial charge in [-0.25, -0.2) is 5.48 Å². The highest BCUT2D eigenvalue weighted by Gasteiger charge is 2.39. The van der Waals surface area contributed by atoms with Crippen molar-refractivity contribution >= 4 is 29.5 Å². The van der Waals surface area contributed by atoms with E-state index >= 15 is 0 Å². The molecule has 29 heavy (non-hydrogen) atoms. The number of carbonyl (C=O) groups is 5. The third-order valence-corrected chi connectivity index (χ3v) is 5.10. The molecule has 11 nitrogen and oxygen atoms in total. The molecule has 0 aromatic heterocycles. The summed E-state index contributed by atoms with van der Waals surface area (Å²) in [4.78, 5) is 61.5. The second-order valence-electron chi connectivity index (χ2n) is 7.30. The van der Waals surface area contributed by atoms with E-state index in [0.717, 1.165) is 0 Å². The first kappa shape index (κ1) is 24.3. The van der Waals surface area contributed by atoms with Crippen LogP contribution in [0, 0.1) is 5.92 Å². The van der Waals surface area contributed by atoms with Gasteiger partial charge < -0.3 is 21.3 Å². The van der Waals surface area contributed by atoms with Crippen molar-refractivity contribution in [2.45, 2.75) is 71.0 Å². The van der Waals surface area contributed by atoms with E-state index in [4.69, 9.17) is 10.9 Å². The lowest BCUT2D eigenvalue weighted by molar-refractivity contribution is -0.143. The van der Waals surface area contributed by atoms with Crippen LogP contribution in [0.3, 0.4) is 0 Å². The first-order valence-electron chi connectivity index (χ1n) is 9.72. The zero-order valence-electron chi connectivity index (χ0n) is 17.1. The van der Waals surface area contributed by atoms with Gasteiger partial charge in [0.2, 0.25) is 23.6 Å². The van der Waals surface area contributed by atoms with Crippen LogP contribution in [-0.4, -0.2) is 64.3 Å². The zero-order valence-corrected chi connectivity index (χ0v) is 17.1. The molecule has 1 fully saturated rings. The van der Waals surface area contributed by atoms with Gasteiger partial charge in [-0.05, 0) is 25.2 Å². The Morgan fingerprint density at radius 3 is 2.38 bits per heavy atom. The highest BCUT2D eigenvalue weighted by molar-refractivity contribution is 5.94. The minimum atomic E-state index is -0.973. The van der Waals surface area contributed by atoms with Crippen LogP contribution in [0.5, 0.6) is 0 Å². The maximum Gasteiger partial charge on any atom is 0.266 e. The number of primary amides is 1. The molecular formula is C18H31N5O6. The Morgan fingerprint density at radius 1 is 1.21 bits per heavy atom. The van der Waals surface area contributed by atoms with Gasteiger partial charge >= 0.3 is 0 Å². The van der Waals surface area contributed by atoms with E-state index in [-0.39, 0.29) is 18.8 Å². The summed E-state index contributed by atoms with van der Waals surface area (Å²) in [6.07, 6.45) is 1.50. The normalized spacial score (nSPS) is 19.0. The standard InChI is InChI=1S/C18H31N5O6/c1-4-10(2)15(17(27)22-29)21-16(26)13-6-5-9-23(13)18(28)12(20-11(3)24)7-8-14(19)25/h10,12-13,15,29H,4-9H2,1-3H3,(H2,19,25)(H,20,24)(H,21,26)(H,22,27)/t10?,12?,13-,15?/m0/s1. The van der Waals surface area contributed by atoms with Crippen LogP contribution in [0.1, 0.15) is 52.9 Å². The summed E-state index contributed by atoms with van der Waals surface area (Å²) in [7, 11) is 0. The molecule has 1 aliphatic heterocycles. The average molecular weight is 413 g/mol. The predicted octanol–water partition coefficient (Wildman–Crippen LogP) is -1.22. The van der Waals surface area contributed by atoms with Crippen molar-refractivity contribution in [3.05, 3.63) is 0 Å². The molecule has 0 radical (unpaired) electrons. The lowest BCUT2D eigenvalue weighted by atomic mass is 9.98. The van der Waals surface area contributed by atoms with Crippen molar-refractivity contribution in [1.29, 1.82) is 0 Å². The van der Waals surface area contributed by atoms with E-state index in [1.54, 1.807) is 12.4 Å². The molecule has 3 unspecified atom stereocenters. The van der Waals surface area contributed by atoms with Gasteiger partial charge in [-0.2, -0.15) is 0 Å². The molecule has 6 N–H and O–H groups in total. The third-order valence-electron chi connectivity index (χ3n) is 5.10. The van der Waals surface area contributed by atoms with Gasteiger partial charge in [0.25, 0.3) is 5.91 Å². The molecule has 4 atom stereocenters. The molecule has 0 aromatic carbocycles. The second-order valence-corrected chi connectivity index (χ2v) is 7.30. The Bertz CT molecular complexity index is 640. The maximum absolute atomic E-state index is 12.9. The van der Waals surface area contributed by atoms with Crippen LogP contribution in [0.2, 0.25) is 0 Å². The van der Waals surface area contributed by atoms with Gasteiger partial charge in [-0.1, -0.05) is 20.3 Å². The van der Waals surface area contributed by atoms with Gasteiger partial charge in [-0.15, -0.1) is 0 Å². The fraction of sp³-hybridized carbons (Fsp3) is 0.722. The number of likely N-dealkylation sites (tertiary alicyclic amines) is 1. The number of carbonyl (C=O) groups excluding carboxylic acids is 5. The average Bonchev–Trinajstić information content (AvgIpc) is 3.16. The largest absolute Gasteiger partial charge is 0.370 e. The number of nitrogens with zero attached hydrogens (tertiary/aromatic N) is 1. The monoisotopic (exact) mass is 413 g/mol. The van der Waals surface area contributed by atoms with E-state index in [2.05, 4.69) is 10.6 Å². The van der Waals surface area contributed by atoms with Crippen LogP contribution in [0.15, 0.2) is 0 Å². The topological polar surface area (TPSA) is 171 Å². The van der Waals surface area contributed by atoms with Crippen LogP contribution in [-0.2, 0) is 24.0 Å². The number of amides is 5. The summed E-state index contributed by atoms with van der Waals surface area (Å²) in [6, 6.07) is -2.74. The summed E-state index contributed by atoms with van der Waals surface area (Å²) < 4.78 is 0. The first-order valence-corrected chi connectivity index (χ1v) is 9.72. The Morgan fingerprint density at radius 2 is 1.86 bits per heavy atom. The van der Waals surface area contributed by atoms with Crippen molar-refractivity contribution in [3.8, 4) is 0 Å². The summed E-state index contributed by atoms with van der Waals surface area (Å²) in [6.45, 7) is 5.16. The quantitative estimate of drug-likeness (QED) is 0.222. The minimum absolute atomic E-state index is 0.0288. The molecule has 1 aliphatic rings. The summed E-state index contributed by atoms with van der Waals surface area (Å²) >= 11 is 0. The highest BCUT2D eigenvalue weighted by Crippen LogP contribution is 2.20. The number of nitrogens with one attached hydrogen (secondary N) is 3. The number of hydroxylamine groups is 1. The van der Waals surface area contributed by atoms with Crippen LogP contribution in [0.4, 0.5) is 0 Å². The van der Waals surface area contributed by atoms with Crippen molar-refractivity contribution in [1.82, 2.24) is 21.0 Å². The zero-order chi connectivity index (χ0) is 22.1. The van der Waals surface area contributed by atoms with E-state index < -0.39 is 47.7 Å². The van der Waals surface area contributed by atoms with E-state index in [1.165, 1.54) is 11.8 Å². The smallest absolute Gasteiger partial charge is 0.266 e. The molecule has 0 aromatic rings. The van der Waals surface area contributed by atoms with Gasteiger partial charge in [0.1, 0.15) is 18.1 Å². The van der Waals surface area contributed by atoms with Crippen molar-refractivity contribution in [2.75, 3.05) is 6.54 Å². The molecule has 0 aliphatic carbocycles. The number of hydrogen-bond acceptors (Lipinski definition) is 6. The lowest BCUT2D eigenvalue weighted by Crippen LogP contribution is -2.57. The highest BCUT2D eigenvalue weighted by atomic mass is 16.5. The Hall–Kier alpha value is -2.69. The van der Waals surface area contributed by atoms with Gasteiger partial charge in [0.15, 0.2) is 0 Å². The summed E-state index contributed by atoms with van der Waals surface area (Å²) in [5.41, 5.74) is 6.69. The Balaban J connectivity index is 2.93. The maximum atomic E-state index is 12.9. The molecule has 1 rings (SSSR count). The molecule has 0 bridgehead atoms. The van der Waals surface area contributed by atoms with E-state index in [0.29, 0.717) is 25.8 Å². The number of hydrogen-bond donors (Lipinski definition) is 5. The summed E-state index contributed by atoms with van der Waals surface area (Å²) in [5.74, 6) is -3.01. The molecule has 1 heterocycles. The van der Waals surface area contributed by atoms with Gasteiger partial charge in [0, 0.05) is 19.9 Å². The SMILES string of the molecule is CCC(C)C(NC(=O)[C@@H]1CCCN1C(=O)C(CCC(N)=O)NC(C)=O)C(=O)NO. The Labute approximate surface area is 169 Å². The molecule has 0 saturated carbocycles. The number of rotatable bonds is 10. The lowest BCUT2D eigenvalue weighted by Gasteiger charge is -2.30. The second kappa shape index (κ2) is 11.3. The van der Waals surface area contributed by atoms with Crippen molar-refractivity contribution < 1.29 is 29.2 Å². The van der Waals surface area contributed by atoms with Crippen LogP contribution in [0.25, 0.3) is 0 Å². The van der Waals surface area contributed by atoms with Gasteiger partial charge in [0.05, 0.1) is 0 Å². The summed E-state index contributed by atoms with van der Waals surface area (Å²) in [5, 5.41) is 14.0. The fourth-order valence-electron chi connectivity index (χ4n) is 3.31. The predicted molar refractivity (Wildman–Crippen MR) is 102 cm³/mol. The van der Waals surface area contributed by atoms with Crippen molar-refractivity contribution in [2.24, 2.45) is 11.7 Å². The first-order chi connectivity index (χ1) is 13.6. The third kappa shape index (κ3) is 7.00. The van der Waals surface area contributed by atoms with Crippen LogP contribution >= 0.6 is 0 Å². The van der Waals surface area contributed by atoms with E-state index in [9.17, 15) is 24.0 Å². The Kier molecular flexibility index (Phi) is 9.53. The molecule has 0 spiro atoms. The van der Waals surface area contributed by atoms with Crippen LogP contribution < -0.4 is 21.8 Å². The minimum Gasteiger partial charge on any atom is -0.370 e. The van der Waals surface area contributed by atoms with Gasteiger partial charge in [-0.3, -0.25) is 29.2 Å². The fourth-order valence-corrected chi connectivity index (χ4v) is 3.31. The molecular weight excluding hydrogens is 382 g/mol. The van der Waals surface area contributed by atoms with E-state index in [1.807, 2.05) is 6.92 Å². The molecule has 164 valence electrons. The number of nitrogens with two attached hydrogens (primary N) is 1. The van der Waals surface area contributed by atoms with Crippen molar-refractivity contribution in [3.63, 3.8) is 0 Å². The molecule has 1 saturated heterocycles. The molecule has 5 amide bonds. The molecule has 11 heteroatoms.